The fraction of sp³-hybridized carbons (Fsp3) is 0.500. The SMILES string of the molecule is CCc1ccc(C(=O)N[C@@H]2CCCNC2)cc1. The lowest BCUT2D eigenvalue weighted by molar-refractivity contribution is 0.0930. The van der Waals surface area contributed by atoms with Gasteiger partial charge >= 0.3 is 0 Å². The molecular weight excluding hydrogens is 212 g/mol. The molecule has 3 heteroatoms. The van der Waals surface area contributed by atoms with Gasteiger partial charge in [0.1, 0.15) is 0 Å². The van der Waals surface area contributed by atoms with E-state index in [1.54, 1.807) is 0 Å². The maximum Gasteiger partial charge on any atom is 0.251 e. The molecule has 1 amide bonds. The number of carbonyl (C=O) groups excluding carboxylic acids is 1. The molecule has 0 aromatic heterocycles. The molecule has 1 aromatic rings. The molecule has 0 saturated carbocycles. The van der Waals surface area contributed by atoms with Crippen LogP contribution in [0.25, 0.3) is 0 Å². The van der Waals surface area contributed by atoms with Crippen molar-refractivity contribution in [1.29, 1.82) is 0 Å². The van der Waals surface area contributed by atoms with Gasteiger partial charge in [0, 0.05) is 18.2 Å². The van der Waals surface area contributed by atoms with E-state index in [-0.39, 0.29) is 11.9 Å². The third-order valence-electron chi connectivity index (χ3n) is 3.26. The predicted octanol–water partition coefficient (Wildman–Crippen LogP) is 1.73. The van der Waals surface area contributed by atoms with Crippen LogP contribution < -0.4 is 10.6 Å². The number of nitrogens with one attached hydrogen (secondary N) is 2. The molecule has 1 fully saturated rings. The third kappa shape index (κ3) is 3.30. The van der Waals surface area contributed by atoms with Crippen molar-refractivity contribution in [3.05, 3.63) is 35.4 Å². The van der Waals surface area contributed by atoms with Gasteiger partial charge in [-0.15, -0.1) is 0 Å². The Bertz CT molecular complexity index is 366. The van der Waals surface area contributed by atoms with E-state index in [1.165, 1.54) is 5.56 Å². The van der Waals surface area contributed by atoms with Crippen LogP contribution in [0.4, 0.5) is 0 Å². The molecule has 1 aromatic carbocycles. The first-order chi connectivity index (χ1) is 8.29. The first kappa shape index (κ1) is 12.1. The molecule has 2 rings (SSSR count). The van der Waals surface area contributed by atoms with Crippen LogP contribution in [0.1, 0.15) is 35.7 Å². The van der Waals surface area contributed by atoms with Crippen molar-refractivity contribution in [1.82, 2.24) is 10.6 Å². The number of hydrogen-bond donors (Lipinski definition) is 2. The van der Waals surface area contributed by atoms with Crippen molar-refractivity contribution >= 4 is 5.91 Å². The van der Waals surface area contributed by atoms with E-state index in [4.69, 9.17) is 0 Å². The van der Waals surface area contributed by atoms with Crippen LogP contribution in [0.15, 0.2) is 24.3 Å². The first-order valence-electron chi connectivity index (χ1n) is 6.40. The highest BCUT2D eigenvalue weighted by molar-refractivity contribution is 5.94. The van der Waals surface area contributed by atoms with Crippen molar-refractivity contribution < 1.29 is 4.79 Å². The summed E-state index contributed by atoms with van der Waals surface area (Å²) in [7, 11) is 0. The lowest BCUT2D eigenvalue weighted by Crippen LogP contribution is -2.45. The Labute approximate surface area is 103 Å². The summed E-state index contributed by atoms with van der Waals surface area (Å²) in [6, 6.07) is 8.14. The van der Waals surface area contributed by atoms with Crippen LogP contribution >= 0.6 is 0 Å². The largest absolute Gasteiger partial charge is 0.348 e. The zero-order chi connectivity index (χ0) is 12.1. The number of carbonyl (C=O) groups is 1. The number of rotatable bonds is 3. The highest BCUT2D eigenvalue weighted by Crippen LogP contribution is 2.07. The van der Waals surface area contributed by atoms with Gasteiger partial charge in [-0.2, -0.15) is 0 Å². The minimum atomic E-state index is 0.0429. The molecule has 1 aliphatic rings. The fourth-order valence-electron chi connectivity index (χ4n) is 2.14. The number of amides is 1. The Kier molecular flexibility index (Phi) is 4.15. The molecule has 92 valence electrons. The lowest BCUT2D eigenvalue weighted by atomic mass is 10.1. The summed E-state index contributed by atoms with van der Waals surface area (Å²) in [4.78, 5) is 12.0. The van der Waals surface area contributed by atoms with Gasteiger partial charge in [0.25, 0.3) is 5.91 Å². The van der Waals surface area contributed by atoms with Gasteiger partial charge in [-0.05, 0) is 43.5 Å². The lowest BCUT2D eigenvalue weighted by Gasteiger charge is -2.23. The van der Waals surface area contributed by atoms with E-state index in [9.17, 15) is 4.79 Å². The van der Waals surface area contributed by atoms with Crippen LogP contribution in [0.3, 0.4) is 0 Å². The standard InChI is InChI=1S/C14H20N2O/c1-2-11-5-7-12(8-6-11)14(17)16-13-4-3-9-15-10-13/h5-8,13,15H,2-4,9-10H2,1H3,(H,16,17)/t13-/m1/s1. The first-order valence-corrected chi connectivity index (χ1v) is 6.40. The maximum atomic E-state index is 12.0. The maximum absolute atomic E-state index is 12.0. The Balaban J connectivity index is 1.93. The van der Waals surface area contributed by atoms with E-state index < -0.39 is 0 Å². The summed E-state index contributed by atoms with van der Waals surface area (Å²) in [5, 5.41) is 6.37. The molecule has 1 saturated heterocycles. The summed E-state index contributed by atoms with van der Waals surface area (Å²) in [6.07, 6.45) is 3.22. The van der Waals surface area contributed by atoms with Gasteiger partial charge in [-0.1, -0.05) is 19.1 Å². The summed E-state index contributed by atoms with van der Waals surface area (Å²) in [5.74, 6) is 0.0429. The zero-order valence-corrected chi connectivity index (χ0v) is 10.3. The Morgan fingerprint density at radius 2 is 2.18 bits per heavy atom. The van der Waals surface area contributed by atoms with Crippen molar-refractivity contribution in [2.75, 3.05) is 13.1 Å². The molecular formula is C14H20N2O. The number of benzene rings is 1. The van der Waals surface area contributed by atoms with Crippen LogP contribution in [0, 0.1) is 0 Å². The number of aryl methyl sites for hydroxylation is 1. The molecule has 0 bridgehead atoms. The van der Waals surface area contributed by atoms with E-state index in [0.29, 0.717) is 0 Å². The van der Waals surface area contributed by atoms with E-state index in [2.05, 4.69) is 17.6 Å². The minimum absolute atomic E-state index is 0.0429. The highest BCUT2D eigenvalue weighted by Gasteiger charge is 2.15. The van der Waals surface area contributed by atoms with Crippen LogP contribution in [-0.2, 0) is 6.42 Å². The predicted molar refractivity (Wildman–Crippen MR) is 69.2 cm³/mol. The van der Waals surface area contributed by atoms with Crippen LogP contribution in [-0.4, -0.2) is 25.0 Å². The molecule has 0 spiro atoms. The van der Waals surface area contributed by atoms with Crippen LogP contribution in [0.2, 0.25) is 0 Å². The molecule has 0 unspecified atom stereocenters. The van der Waals surface area contributed by atoms with Crippen molar-refractivity contribution in [3.8, 4) is 0 Å². The molecule has 1 heterocycles. The van der Waals surface area contributed by atoms with Gasteiger partial charge in [-0.3, -0.25) is 4.79 Å². The van der Waals surface area contributed by atoms with Crippen molar-refractivity contribution in [2.45, 2.75) is 32.2 Å². The summed E-state index contributed by atoms with van der Waals surface area (Å²) in [5.41, 5.74) is 2.02. The van der Waals surface area contributed by atoms with Crippen molar-refractivity contribution in [3.63, 3.8) is 0 Å². The molecule has 3 nitrogen and oxygen atoms in total. The number of hydrogen-bond acceptors (Lipinski definition) is 2. The molecule has 0 radical (unpaired) electrons. The molecule has 1 atom stereocenters. The summed E-state index contributed by atoms with van der Waals surface area (Å²) >= 11 is 0. The van der Waals surface area contributed by atoms with Crippen LogP contribution in [0.5, 0.6) is 0 Å². The second-order valence-electron chi connectivity index (χ2n) is 4.57. The third-order valence-corrected chi connectivity index (χ3v) is 3.26. The van der Waals surface area contributed by atoms with Gasteiger partial charge in [0.2, 0.25) is 0 Å². The number of piperidine rings is 1. The molecule has 2 N–H and O–H groups in total. The second kappa shape index (κ2) is 5.82. The average molecular weight is 232 g/mol. The zero-order valence-electron chi connectivity index (χ0n) is 10.3. The fourth-order valence-corrected chi connectivity index (χ4v) is 2.14. The van der Waals surface area contributed by atoms with Gasteiger partial charge in [0.05, 0.1) is 0 Å². The normalized spacial score (nSPS) is 19.9. The quantitative estimate of drug-likeness (QED) is 0.833. The smallest absolute Gasteiger partial charge is 0.251 e. The minimum Gasteiger partial charge on any atom is -0.348 e. The van der Waals surface area contributed by atoms with E-state index in [0.717, 1.165) is 37.9 Å². The highest BCUT2D eigenvalue weighted by atomic mass is 16.1. The Morgan fingerprint density at radius 3 is 2.76 bits per heavy atom. The molecule has 1 aliphatic heterocycles. The molecule has 17 heavy (non-hydrogen) atoms. The Hall–Kier alpha value is -1.35. The van der Waals surface area contributed by atoms with E-state index in [1.807, 2.05) is 24.3 Å². The monoisotopic (exact) mass is 232 g/mol. The second-order valence-corrected chi connectivity index (χ2v) is 4.57. The van der Waals surface area contributed by atoms with E-state index >= 15 is 0 Å². The summed E-state index contributed by atoms with van der Waals surface area (Å²) < 4.78 is 0. The molecule has 0 aliphatic carbocycles. The average Bonchev–Trinajstić information content (AvgIpc) is 2.40. The van der Waals surface area contributed by atoms with Gasteiger partial charge in [-0.25, -0.2) is 0 Å². The topological polar surface area (TPSA) is 41.1 Å². The summed E-state index contributed by atoms with van der Waals surface area (Å²) in [6.45, 7) is 4.07. The van der Waals surface area contributed by atoms with Gasteiger partial charge in [0.15, 0.2) is 0 Å². The Morgan fingerprint density at radius 1 is 1.41 bits per heavy atom. The van der Waals surface area contributed by atoms with Crippen molar-refractivity contribution in [2.24, 2.45) is 0 Å². The van der Waals surface area contributed by atoms with Gasteiger partial charge < -0.3 is 10.6 Å².